The van der Waals surface area contributed by atoms with Crippen molar-refractivity contribution in [3.8, 4) is 0 Å². The van der Waals surface area contributed by atoms with Crippen molar-refractivity contribution in [3.63, 3.8) is 0 Å². The average Bonchev–Trinajstić information content (AvgIpc) is 3.58. The summed E-state index contributed by atoms with van der Waals surface area (Å²) in [5, 5.41) is 0. The lowest BCUT2D eigenvalue weighted by atomic mass is 10.0. The molecule has 0 aliphatic heterocycles. The number of carbonyl (C=O) groups is 2. The molecule has 90 heavy (non-hydrogen) atoms. The number of nitrogens with two attached hydrogens (primary N) is 1. The summed E-state index contributed by atoms with van der Waals surface area (Å²) in [5.74, 6) is -0.810. The summed E-state index contributed by atoms with van der Waals surface area (Å²) in [7, 11) is -4.40. The zero-order valence-corrected chi connectivity index (χ0v) is 60.3. The highest BCUT2D eigenvalue weighted by atomic mass is 31.2. The van der Waals surface area contributed by atoms with Crippen molar-refractivity contribution in [2.24, 2.45) is 5.73 Å². The van der Waals surface area contributed by atoms with E-state index in [1.807, 2.05) is 0 Å². The number of carbonyl (C=O) groups excluding carboxylic acids is 2. The Labute approximate surface area is 558 Å². The maximum atomic E-state index is 12.8. The minimum absolute atomic E-state index is 0.0534. The van der Waals surface area contributed by atoms with Crippen LogP contribution in [-0.2, 0) is 32.7 Å². The summed E-state index contributed by atoms with van der Waals surface area (Å²) >= 11 is 0. The van der Waals surface area contributed by atoms with Gasteiger partial charge in [-0.1, -0.05) is 389 Å². The first-order valence-electron chi connectivity index (χ1n) is 38.9. The van der Waals surface area contributed by atoms with Gasteiger partial charge in [-0.3, -0.25) is 18.6 Å². The summed E-state index contributed by atoms with van der Waals surface area (Å²) < 4.78 is 33.3. The Balaban J connectivity index is 3.79. The van der Waals surface area contributed by atoms with Crippen LogP contribution in [0.1, 0.15) is 393 Å². The van der Waals surface area contributed by atoms with Gasteiger partial charge < -0.3 is 20.1 Å². The lowest BCUT2D eigenvalue weighted by Crippen LogP contribution is -2.29. The number of esters is 2. The minimum atomic E-state index is -4.40. The Morgan fingerprint density at radius 1 is 0.344 bits per heavy atom. The average molecular weight is 1280 g/mol. The van der Waals surface area contributed by atoms with E-state index in [4.69, 9.17) is 24.3 Å². The summed E-state index contributed by atoms with van der Waals surface area (Å²) in [6, 6.07) is 0. The van der Waals surface area contributed by atoms with E-state index in [1.54, 1.807) is 0 Å². The van der Waals surface area contributed by atoms with Crippen LogP contribution in [-0.4, -0.2) is 49.3 Å². The summed E-state index contributed by atoms with van der Waals surface area (Å²) in [6.07, 6.45) is 100. The van der Waals surface area contributed by atoms with Crippen LogP contribution in [0.15, 0.2) is 72.9 Å². The zero-order chi connectivity index (χ0) is 65.1. The van der Waals surface area contributed by atoms with E-state index in [1.165, 1.54) is 283 Å². The van der Waals surface area contributed by atoms with Crippen LogP contribution in [0.25, 0.3) is 0 Å². The second-order valence-electron chi connectivity index (χ2n) is 26.2. The molecule has 0 fully saturated rings. The Morgan fingerprint density at radius 3 is 0.911 bits per heavy atom. The number of phosphoric acid groups is 1. The van der Waals surface area contributed by atoms with Crippen LogP contribution in [0.5, 0.6) is 0 Å². The Hall–Kier alpha value is -2.55. The topological polar surface area (TPSA) is 134 Å². The number of ether oxygens (including phenoxy) is 2. The summed E-state index contributed by atoms with van der Waals surface area (Å²) in [5.41, 5.74) is 5.41. The summed E-state index contributed by atoms with van der Waals surface area (Å²) in [6.45, 7) is 3.70. The number of rotatable bonds is 74. The Morgan fingerprint density at radius 2 is 0.611 bits per heavy atom. The van der Waals surface area contributed by atoms with E-state index in [0.717, 1.165) is 77.0 Å². The fraction of sp³-hybridized carbons (Fsp3) is 0.825. The number of phosphoric ester groups is 1. The lowest BCUT2D eigenvalue weighted by molar-refractivity contribution is -0.161. The Kier molecular flexibility index (Phi) is 73.3. The molecule has 2 atom stereocenters. The first kappa shape index (κ1) is 87.5. The quantitative estimate of drug-likeness (QED) is 0.0264. The van der Waals surface area contributed by atoms with E-state index >= 15 is 0 Å². The van der Waals surface area contributed by atoms with Crippen LogP contribution in [0.3, 0.4) is 0 Å². The molecule has 0 radical (unpaired) electrons. The van der Waals surface area contributed by atoms with Crippen molar-refractivity contribution in [2.75, 3.05) is 26.4 Å². The van der Waals surface area contributed by atoms with E-state index in [9.17, 15) is 19.0 Å². The van der Waals surface area contributed by atoms with Crippen molar-refractivity contribution in [1.29, 1.82) is 0 Å². The second kappa shape index (κ2) is 75.5. The monoisotopic (exact) mass is 1280 g/mol. The molecule has 0 bridgehead atoms. The van der Waals surface area contributed by atoms with Gasteiger partial charge in [-0.05, 0) is 64.2 Å². The Bertz CT molecular complexity index is 1710. The number of hydrogen-bond donors (Lipinski definition) is 2. The molecule has 0 saturated carbocycles. The van der Waals surface area contributed by atoms with E-state index in [2.05, 4.69) is 86.8 Å². The smallest absolute Gasteiger partial charge is 0.462 e. The van der Waals surface area contributed by atoms with E-state index < -0.39 is 26.5 Å². The molecule has 10 heteroatoms. The predicted molar refractivity (Wildman–Crippen MR) is 390 cm³/mol. The van der Waals surface area contributed by atoms with Gasteiger partial charge in [-0.15, -0.1) is 0 Å². The van der Waals surface area contributed by atoms with Gasteiger partial charge in [-0.2, -0.15) is 0 Å². The van der Waals surface area contributed by atoms with Crippen LogP contribution in [0.4, 0.5) is 0 Å². The molecule has 0 aromatic heterocycles. The molecule has 0 spiro atoms. The normalized spacial score (nSPS) is 13.2. The van der Waals surface area contributed by atoms with Crippen molar-refractivity contribution < 1.29 is 37.6 Å². The van der Waals surface area contributed by atoms with Gasteiger partial charge in [-0.25, -0.2) is 4.57 Å². The van der Waals surface area contributed by atoms with Crippen LogP contribution >= 0.6 is 7.82 Å². The van der Waals surface area contributed by atoms with E-state index in [-0.39, 0.29) is 38.6 Å². The van der Waals surface area contributed by atoms with Crippen LogP contribution < -0.4 is 5.73 Å². The highest BCUT2D eigenvalue weighted by Gasteiger charge is 2.26. The van der Waals surface area contributed by atoms with Gasteiger partial charge in [0, 0.05) is 19.4 Å². The van der Waals surface area contributed by atoms with Gasteiger partial charge in [0.25, 0.3) is 0 Å². The molecule has 3 N–H and O–H groups in total. The fourth-order valence-corrected chi connectivity index (χ4v) is 12.4. The van der Waals surface area contributed by atoms with Gasteiger partial charge in [0.05, 0.1) is 13.2 Å². The van der Waals surface area contributed by atoms with Crippen LogP contribution in [0, 0.1) is 0 Å². The maximum absolute atomic E-state index is 12.8. The molecular formula is C80H148NO8P. The first-order valence-corrected chi connectivity index (χ1v) is 40.4. The maximum Gasteiger partial charge on any atom is 0.472 e. The highest BCUT2D eigenvalue weighted by molar-refractivity contribution is 7.47. The van der Waals surface area contributed by atoms with Crippen LogP contribution in [0.2, 0.25) is 0 Å². The first-order chi connectivity index (χ1) is 44.3. The molecule has 0 heterocycles. The largest absolute Gasteiger partial charge is 0.472 e. The fourth-order valence-electron chi connectivity index (χ4n) is 11.6. The molecule has 2 unspecified atom stereocenters. The molecule has 0 rings (SSSR count). The predicted octanol–water partition coefficient (Wildman–Crippen LogP) is 25.9. The molecule has 0 amide bonds. The number of allylic oxidation sites excluding steroid dienone is 12. The number of unbranched alkanes of at least 4 members (excludes halogenated alkanes) is 49. The molecule has 0 aliphatic carbocycles. The van der Waals surface area contributed by atoms with Gasteiger partial charge in [0.2, 0.25) is 0 Å². The third-order valence-electron chi connectivity index (χ3n) is 17.4. The molecule has 0 aliphatic rings. The highest BCUT2D eigenvalue weighted by Crippen LogP contribution is 2.43. The molecule has 526 valence electrons. The lowest BCUT2D eigenvalue weighted by Gasteiger charge is -2.19. The molecular weight excluding hydrogens is 1130 g/mol. The SMILES string of the molecule is CC/C=C\C/C=C\C/C=C\C/C=C\C/C=C\C/C=C\CCCCCCCCCCCCCCCCC(=O)OC(COC(=O)CCCCCCCCCCCCCCCCCCCCCCCCCCCCCCCCCCCCCC)COP(=O)(O)OCCN. The van der Waals surface area contributed by atoms with Gasteiger partial charge in [0.15, 0.2) is 6.10 Å². The molecule has 0 aromatic rings. The minimum Gasteiger partial charge on any atom is -0.462 e. The third kappa shape index (κ3) is 74.5. The van der Waals surface area contributed by atoms with Crippen molar-refractivity contribution in [1.82, 2.24) is 0 Å². The standard InChI is InChI=1S/C80H148NO8P/c1-3-5-7-9-11-13-15-17-19-21-23-25-27-29-31-33-35-37-38-39-41-42-44-46-48-50-52-54-56-58-60-62-64-66-68-70-72-79(82)86-76-78(77-88-90(84,85)87-75-74-81)89-80(83)73-71-69-67-65-63-61-59-57-55-53-51-49-47-45-43-40-36-34-32-30-28-26-24-22-20-18-16-14-12-10-8-6-4-2/h6,8,12,14,18,20,24,26,30,32,36,40,78H,3-5,7,9-11,13,15-17,19,21-23,25,27-29,31,33-35,37-39,41-77,81H2,1-2H3,(H,84,85)/b8-6-,14-12-,20-18-,26-24-,32-30-,40-36-. The molecule has 0 saturated heterocycles. The van der Waals surface area contributed by atoms with E-state index in [0.29, 0.717) is 6.42 Å². The third-order valence-corrected chi connectivity index (χ3v) is 18.3. The number of hydrogen-bond acceptors (Lipinski definition) is 8. The molecule has 9 nitrogen and oxygen atoms in total. The molecule has 0 aromatic carbocycles. The zero-order valence-electron chi connectivity index (χ0n) is 59.4. The second-order valence-corrected chi connectivity index (χ2v) is 27.7. The van der Waals surface area contributed by atoms with Crippen molar-refractivity contribution in [2.45, 2.75) is 399 Å². The van der Waals surface area contributed by atoms with Gasteiger partial charge >= 0.3 is 19.8 Å². The van der Waals surface area contributed by atoms with Crippen molar-refractivity contribution >= 4 is 19.8 Å². The van der Waals surface area contributed by atoms with Crippen molar-refractivity contribution in [3.05, 3.63) is 72.9 Å². The summed E-state index contributed by atoms with van der Waals surface area (Å²) in [4.78, 5) is 35.4. The van der Waals surface area contributed by atoms with Gasteiger partial charge in [0.1, 0.15) is 6.61 Å².